The van der Waals surface area contributed by atoms with Gasteiger partial charge < -0.3 is 4.90 Å². The van der Waals surface area contributed by atoms with E-state index in [9.17, 15) is 20.2 Å². The number of non-ortho nitro benzene ring substituents is 1. The molecule has 0 unspecified atom stereocenters. The maximum absolute atomic E-state index is 11.6. The Kier molecular flexibility index (Phi) is 5.92. The Labute approximate surface area is 171 Å². The first-order valence-electron chi connectivity index (χ1n) is 8.72. The molecule has 30 heavy (non-hydrogen) atoms. The molecule has 0 atom stereocenters. The normalized spacial score (nSPS) is 10.7. The molecule has 0 amide bonds. The number of hydrazone groups is 1. The molecule has 3 rings (SSSR count). The van der Waals surface area contributed by atoms with Gasteiger partial charge in [-0.2, -0.15) is 10.1 Å². The van der Waals surface area contributed by atoms with Crippen LogP contribution in [0.3, 0.4) is 0 Å². The average molecular weight is 407 g/mol. The van der Waals surface area contributed by atoms with Crippen LogP contribution >= 0.6 is 0 Å². The number of hydrogen-bond acceptors (Lipinski definition) is 9. The first-order chi connectivity index (χ1) is 14.4. The van der Waals surface area contributed by atoms with Crippen molar-refractivity contribution in [2.75, 3.05) is 17.4 Å². The van der Waals surface area contributed by atoms with Crippen molar-refractivity contribution >= 4 is 35.0 Å². The number of nitro groups is 2. The summed E-state index contributed by atoms with van der Waals surface area (Å²) < 4.78 is 0. The van der Waals surface area contributed by atoms with Crippen molar-refractivity contribution in [3.05, 3.63) is 86.1 Å². The highest BCUT2D eigenvalue weighted by Gasteiger charge is 2.25. The van der Waals surface area contributed by atoms with E-state index >= 15 is 0 Å². The Morgan fingerprint density at radius 1 is 1.03 bits per heavy atom. The Hall–Kier alpha value is -4.41. The molecule has 0 aliphatic carbocycles. The van der Waals surface area contributed by atoms with E-state index in [-0.39, 0.29) is 28.8 Å². The predicted octanol–water partition coefficient (Wildman–Crippen LogP) is 3.82. The van der Waals surface area contributed by atoms with Crippen molar-refractivity contribution < 1.29 is 9.85 Å². The third-order valence-corrected chi connectivity index (χ3v) is 4.14. The molecule has 152 valence electrons. The van der Waals surface area contributed by atoms with Crippen molar-refractivity contribution in [3.8, 4) is 0 Å². The van der Waals surface area contributed by atoms with Gasteiger partial charge in [-0.05, 0) is 19.1 Å². The molecule has 0 aliphatic rings. The van der Waals surface area contributed by atoms with Gasteiger partial charge in [0, 0.05) is 30.4 Å². The van der Waals surface area contributed by atoms with Crippen LogP contribution in [0.15, 0.2) is 59.7 Å². The maximum atomic E-state index is 11.6. The van der Waals surface area contributed by atoms with E-state index in [0.717, 1.165) is 0 Å². The van der Waals surface area contributed by atoms with Gasteiger partial charge in [0.25, 0.3) is 5.69 Å². The molecular weight excluding hydrogens is 390 g/mol. The topological polar surface area (TPSA) is 140 Å². The summed E-state index contributed by atoms with van der Waals surface area (Å²) >= 11 is 0. The van der Waals surface area contributed by atoms with E-state index in [2.05, 4.69) is 20.5 Å². The monoisotopic (exact) mass is 407 g/mol. The van der Waals surface area contributed by atoms with Crippen LogP contribution in [-0.2, 0) is 0 Å². The number of benzene rings is 2. The summed E-state index contributed by atoms with van der Waals surface area (Å²) in [5.41, 5.74) is 3.73. The van der Waals surface area contributed by atoms with Crippen LogP contribution in [-0.4, -0.2) is 33.1 Å². The largest absolute Gasteiger partial charge is 0.333 e. The summed E-state index contributed by atoms with van der Waals surface area (Å²) in [5.74, 6) is 0.157. The number of aryl methyl sites for hydroxylation is 1. The van der Waals surface area contributed by atoms with E-state index in [0.29, 0.717) is 11.3 Å². The molecule has 0 fully saturated rings. The third kappa shape index (κ3) is 4.52. The predicted molar refractivity (Wildman–Crippen MR) is 112 cm³/mol. The smallest absolute Gasteiger partial charge is 0.324 e. The van der Waals surface area contributed by atoms with Gasteiger partial charge in [0.2, 0.25) is 11.8 Å². The minimum absolute atomic E-state index is 0.0533. The van der Waals surface area contributed by atoms with Crippen LogP contribution in [0.1, 0.15) is 11.3 Å². The van der Waals surface area contributed by atoms with Crippen molar-refractivity contribution in [3.63, 3.8) is 0 Å². The summed E-state index contributed by atoms with van der Waals surface area (Å²) in [6.45, 7) is 1.51. The molecule has 1 heterocycles. The highest BCUT2D eigenvalue weighted by molar-refractivity contribution is 5.81. The highest BCUT2D eigenvalue weighted by atomic mass is 16.6. The van der Waals surface area contributed by atoms with Crippen LogP contribution in [0.2, 0.25) is 0 Å². The lowest BCUT2D eigenvalue weighted by Crippen LogP contribution is -2.16. The van der Waals surface area contributed by atoms with E-state index in [1.54, 1.807) is 36.2 Å². The Morgan fingerprint density at radius 3 is 2.43 bits per heavy atom. The van der Waals surface area contributed by atoms with Crippen LogP contribution in [0.5, 0.6) is 0 Å². The standard InChI is InChI=1S/C19H17N7O4/c1-13-17(26(29)30)18(24(2)15-8-4-3-5-9-15)22-19(21-13)23-20-12-14-7-6-10-16(11-14)25(27)28/h3-12H,1-2H3,(H,21,22,23)/b20-12+. The maximum Gasteiger partial charge on any atom is 0.333 e. The van der Waals surface area contributed by atoms with Crippen molar-refractivity contribution in [1.29, 1.82) is 0 Å². The number of para-hydroxylation sites is 1. The Balaban J connectivity index is 1.91. The van der Waals surface area contributed by atoms with E-state index in [1.807, 2.05) is 18.2 Å². The molecule has 3 aromatic rings. The zero-order chi connectivity index (χ0) is 21.7. The first-order valence-corrected chi connectivity index (χ1v) is 8.72. The summed E-state index contributed by atoms with van der Waals surface area (Å²) in [4.78, 5) is 31.3. The molecule has 11 heteroatoms. The Bertz CT molecular complexity index is 1120. The average Bonchev–Trinajstić information content (AvgIpc) is 2.73. The fourth-order valence-electron chi connectivity index (χ4n) is 2.71. The van der Waals surface area contributed by atoms with Gasteiger partial charge in [-0.15, -0.1) is 0 Å². The second kappa shape index (κ2) is 8.73. The fraction of sp³-hybridized carbons (Fsp3) is 0.105. The summed E-state index contributed by atoms with van der Waals surface area (Å²) in [6.07, 6.45) is 1.37. The van der Waals surface area contributed by atoms with Crippen LogP contribution in [0.25, 0.3) is 0 Å². The molecular formula is C19H17N7O4. The van der Waals surface area contributed by atoms with Gasteiger partial charge >= 0.3 is 5.69 Å². The molecule has 0 bridgehead atoms. The number of hydrogen-bond donors (Lipinski definition) is 1. The van der Waals surface area contributed by atoms with Crippen molar-refractivity contribution in [2.24, 2.45) is 5.10 Å². The number of anilines is 3. The lowest BCUT2D eigenvalue weighted by molar-refractivity contribution is -0.385. The van der Waals surface area contributed by atoms with Crippen LogP contribution < -0.4 is 10.3 Å². The zero-order valence-corrected chi connectivity index (χ0v) is 16.1. The Morgan fingerprint density at radius 2 is 1.77 bits per heavy atom. The fourth-order valence-corrected chi connectivity index (χ4v) is 2.71. The number of nitrogens with zero attached hydrogens (tertiary/aromatic N) is 6. The second-order valence-corrected chi connectivity index (χ2v) is 6.18. The molecule has 0 aliphatic heterocycles. The summed E-state index contributed by atoms with van der Waals surface area (Å²) in [7, 11) is 1.67. The third-order valence-electron chi connectivity index (χ3n) is 4.14. The van der Waals surface area contributed by atoms with Gasteiger partial charge in [0.15, 0.2) is 0 Å². The van der Waals surface area contributed by atoms with Gasteiger partial charge in [-0.3, -0.25) is 20.2 Å². The minimum Gasteiger partial charge on any atom is -0.324 e. The lowest BCUT2D eigenvalue weighted by atomic mass is 10.2. The molecule has 11 nitrogen and oxygen atoms in total. The molecule has 0 saturated carbocycles. The van der Waals surface area contributed by atoms with Gasteiger partial charge in [-0.1, -0.05) is 30.3 Å². The van der Waals surface area contributed by atoms with Gasteiger partial charge in [-0.25, -0.2) is 10.4 Å². The molecule has 0 saturated heterocycles. The van der Waals surface area contributed by atoms with E-state index < -0.39 is 9.85 Å². The number of nitro benzene ring substituents is 1. The van der Waals surface area contributed by atoms with E-state index in [4.69, 9.17) is 0 Å². The number of nitrogens with one attached hydrogen (secondary N) is 1. The molecule has 0 spiro atoms. The molecule has 1 aromatic heterocycles. The minimum atomic E-state index is -0.528. The number of rotatable bonds is 7. The van der Waals surface area contributed by atoms with Gasteiger partial charge in [0.05, 0.1) is 16.1 Å². The van der Waals surface area contributed by atoms with Crippen molar-refractivity contribution in [1.82, 2.24) is 9.97 Å². The quantitative estimate of drug-likeness (QED) is 0.354. The molecule has 2 aromatic carbocycles. The van der Waals surface area contributed by atoms with E-state index in [1.165, 1.54) is 25.3 Å². The highest BCUT2D eigenvalue weighted by Crippen LogP contribution is 2.33. The second-order valence-electron chi connectivity index (χ2n) is 6.18. The van der Waals surface area contributed by atoms with Crippen LogP contribution in [0.4, 0.5) is 28.8 Å². The lowest BCUT2D eigenvalue weighted by Gasteiger charge is -2.19. The molecule has 1 N–H and O–H groups in total. The van der Waals surface area contributed by atoms with Crippen LogP contribution in [0, 0.1) is 27.2 Å². The number of aromatic nitrogens is 2. The van der Waals surface area contributed by atoms with Crippen molar-refractivity contribution in [2.45, 2.75) is 6.92 Å². The zero-order valence-electron chi connectivity index (χ0n) is 16.1. The first kappa shape index (κ1) is 20.3. The van der Waals surface area contributed by atoms with Gasteiger partial charge in [0.1, 0.15) is 5.69 Å². The summed E-state index contributed by atoms with van der Waals surface area (Å²) in [5, 5.41) is 26.4. The SMILES string of the molecule is Cc1nc(N/N=C/c2cccc([N+](=O)[O-])c2)nc(N(C)c2ccccc2)c1[N+](=O)[O-]. The summed E-state index contributed by atoms with van der Waals surface area (Å²) in [6, 6.07) is 15.0. The molecule has 0 radical (unpaired) electrons.